The molecule has 2 aromatic rings. The molecule has 0 amide bonds. The van der Waals surface area contributed by atoms with Crippen LogP contribution in [0.3, 0.4) is 0 Å². The number of nitrogens with zero attached hydrogens (tertiary/aromatic N) is 2. The average Bonchev–Trinajstić information content (AvgIpc) is 3.15. The minimum absolute atomic E-state index is 0.212. The fraction of sp³-hybridized carbons (Fsp3) is 0.364. The van der Waals surface area contributed by atoms with Gasteiger partial charge >= 0.3 is 5.97 Å². The Labute approximate surface area is 175 Å². The predicted octanol–water partition coefficient (Wildman–Crippen LogP) is 4.29. The summed E-state index contributed by atoms with van der Waals surface area (Å²) in [4.78, 5) is 17.4. The number of carboxylic acids is 1. The number of hydrogen-bond acceptors (Lipinski definition) is 5. The molecule has 29 heavy (non-hydrogen) atoms. The highest BCUT2D eigenvalue weighted by Gasteiger charge is 2.24. The van der Waals surface area contributed by atoms with E-state index in [-0.39, 0.29) is 6.42 Å². The number of ether oxygens (including phenoxy) is 1. The Morgan fingerprint density at radius 1 is 1.24 bits per heavy atom. The maximum Gasteiger partial charge on any atom is 0.303 e. The Balaban J connectivity index is 1.53. The number of aliphatic imine (C=N–C) groups is 1. The van der Waals surface area contributed by atoms with Crippen LogP contribution >= 0.6 is 11.6 Å². The lowest BCUT2D eigenvalue weighted by molar-refractivity contribution is -0.137. The number of rotatable bonds is 9. The molecule has 0 aromatic heterocycles. The predicted molar refractivity (Wildman–Crippen MR) is 116 cm³/mol. The van der Waals surface area contributed by atoms with Gasteiger partial charge in [0.25, 0.3) is 0 Å². The van der Waals surface area contributed by atoms with Crippen LogP contribution in [0.5, 0.6) is 5.75 Å². The molecule has 0 unspecified atom stereocenters. The quantitative estimate of drug-likeness (QED) is 0.471. The zero-order chi connectivity index (χ0) is 20.6. The molecule has 0 saturated carbocycles. The summed E-state index contributed by atoms with van der Waals surface area (Å²) in [6.45, 7) is 2.40. The van der Waals surface area contributed by atoms with Crippen LogP contribution in [-0.2, 0) is 4.79 Å². The molecule has 0 aliphatic carbocycles. The van der Waals surface area contributed by atoms with E-state index in [4.69, 9.17) is 27.2 Å². The number of hydrogen-bond donors (Lipinski definition) is 2. The van der Waals surface area contributed by atoms with E-state index in [9.17, 15) is 4.79 Å². The molecule has 1 aliphatic rings. The second kappa shape index (κ2) is 10.3. The SMILES string of the molecule is Nc1ccccc1C(Cl)=Nc1ccc(OC[C@H]2CCCN2CCCC(=O)O)cc1. The molecule has 1 aliphatic heterocycles. The summed E-state index contributed by atoms with van der Waals surface area (Å²) in [5, 5.41) is 9.14. The first-order chi connectivity index (χ1) is 14.0. The maximum atomic E-state index is 10.7. The van der Waals surface area contributed by atoms with E-state index < -0.39 is 5.97 Å². The first-order valence-electron chi connectivity index (χ1n) is 9.80. The van der Waals surface area contributed by atoms with Crippen LogP contribution in [0.15, 0.2) is 53.5 Å². The van der Waals surface area contributed by atoms with Gasteiger partial charge in [0.2, 0.25) is 0 Å². The van der Waals surface area contributed by atoms with Crippen molar-refractivity contribution in [2.75, 3.05) is 25.4 Å². The number of nitrogen functional groups attached to an aromatic ring is 1. The molecule has 7 heteroatoms. The van der Waals surface area contributed by atoms with Gasteiger partial charge in [0, 0.05) is 23.7 Å². The summed E-state index contributed by atoms with van der Waals surface area (Å²) in [7, 11) is 0. The normalized spacial score (nSPS) is 17.4. The zero-order valence-electron chi connectivity index (χ0n) is 16.3. The number of aliphatic carboxylic acids is 1. The van der Waals surface area contributed by atoms with Crippen molar-refractivity contribution in [3.8, 4) is 5.75 Å². The molecule has 0 radical (unpaired) electrons. The van der Waals surface area contributed by atoms with E-state index in [1.54, 1.807) is 6.07 Å². The average molecular weight is 416 g/mol. The number of benzene rings is 2. The van der Waals surface area contributed by atoms with E-state index in [0.717, 1.165) is 37.4 Å². The zero-order valence-corrected chi connectivity index (χ0v) is 17.0. The Morgan fingerprint density at radius 2 is 2.00 bits per heavy atom. The van der Waals surface area contributed by atoms with Crippen molar-refractivity contribution in [2.24, 2.45) is 4.99 Å². The van der Waals surface area contributed by atoms with Gasteiger partial charge < -0.3 is 15.6 Å². The molecule has 0 spiro atoms. The number of carboxylic acid groups (broad SMARTS) is 1. The van der Waals surface area contributed by atoms with Crippen molar-refractivity contribution in [1.82, 2.24) is 4.90 Å². The summed E-state index contributed by atoms with van der Waals surface area (Å²) in [5.41, 5.74) is 7.96. The van der Waals surface area contributed by atoms with Crippen LogP contribution in [0.2, 0.25) is 0 Å². The van der Waals surface area contributed by atoms with Gasteiger partial charge in [-0.15, -0.1) is 0 Å². The summed E-state index contributed by atoms with van der Waals surface area (Å²) < 4.78 is 5.95. The van der Waals surface area contributed by atoms with Crippen LogP contribution in [-0.4, -0.2) is 46.9 Å². The lowest BCUT2D eigenvalue weighted by atomic mass is 10.2. The van der Waals surface area contributed by atoms with E-state index in [1.165, 1.54) is 0 Å². The third-order valence-corrected chi connectivity index (χ3v) is 5.31. The van der Waals surface area contributed by atoms with Crippen LogP contribution in [0, 0.1) is 0 Å². The second-order valence-electron chi connectivity index (χ2n) is 7.12. The standard InChI is InChI=1S/C22H26ClN3O3/c23-22(19-6-1-2-7-20(19)24)25-16-9-11-18(12-10-16)29-15-17-5-3-13-26(17)14-4-8-21(27)28/h1-2,6-7,9-12,17H,3-5,8,13-15,24H2,(H,27,28)/t17-/m1/s1. The molecule has 3 rings (SSSR count). The van der Waals surface area contributed by atoms with Gasteiger partial charge in [-0.1, -0.05) is 23.7 Å². The molecular formula is C22H26ClN3O3. The van der Waals surface area contributed by atoms with Crippen molar-refractivity contribution >= 4 is 34.1 Å². The van der Waals surface area contributed by atoms with Crippen molar-refractivity contribution in [2.45, 2.75) is 31.7 Å². The number of halogens is 1. The van der Waals surface area contributed by atoms with Crippen molar-refractivity contribution in [3.63, 3.8) is 0 Å². The largest absolute Gasteiger partial charge is 0.492 e. The van der Waals surface area contributed by atoms with Crippen LogP contribution in [0.25, 0.3) is 0 Å². The summed E-state index contributed by atoms with van der Waals surface area (Å²) in [6, 6.07) is 15.1. The van der Waals surface area contributed by atoms with E-state index in [1.807, 2.05) is 42.5 Å². The Morgan fingerprint density at radius 3 is 2.72 bits per heavy atom. The minimum atomic E-state index is -0.741. The first kappa shape index (κ1) is 21.1. The maximum absolute atomic E-state index is 10.7. The molecule has 1 fully saturated rings. The second-order valence-corrected chi connectivity index (χ2v) is 7.48. The van der Waals surface area contributed by atoms with Crippen LogP contribution in [0.1, 0.15) is 31.2 Å². The Bertz CT molecular complexity index is 855. The van der Waals surface area contributed by atoms with Gasteiger partial charge in [-0.25, -0.2) is 4.99 Å². The topological polar surface area (TPSA) is 88.2 Å². The molecule has 154 valence electrons. The highest BCUT2D eigenvalue weighted by molar-refractivity contribution is 6.70. The number of para-hydroxylation sites is 1. The van der Waals surface area contributed by atoms with Crippen molar-refractivity contribution in [1.29, 1.82) is 0 Å². The number of nitrogens with two attached hydrogens (primary N) is 1. The summed E-state index contributed by atoms with van der Waals surface area (Å²) >= 11 is 6.31. The molecule has 1 saturated heterocycles. The molecular weight excluding hydrogens is 390 g/mol. The molecule has 1 atom stereocenters. The van der Waals surface area contributed by atoms with Gasteiger partial charge in [-0.05, 0) is 68.8 Å². The van der Waals surface area contributed by atoms with Crippen molar-refractivity contribution < 1.29 is 14.6 Å². The molecule has 1 heterocycles. The van der Waals surface area contributed by atoms with Gasteiger partial charge in [0.15, 0.2) is 0 Å². The molecule has 2 aromatic carbocycles. The third kappa shape index (κ3) is 6.21. The first-order valence-corrected chi connectivity index (χ1v) is 10.2. The highest BCUT2D eigenvalue weighted by Crippen LogP contribution is 2.24. The van der Waals surface area contributed by atoms with Crippen LogP contribution < -0.4 is 10.5 Å². The number of anilines is 1. The summed E-state index contributed by atoms with van der Waals surface area (Å²) in [6.07, 6.45) is 3.08. The minimum Gasteiger partial charge on any atom is -0.492 e. The van der Waals surface area contributed by atoms with Crippen molar-refractivity contribution in [3.05, 3.63) is 54.1 Å². The van der Waals surface area contributed by atoms with E-state index >= 15 is 0 Å². The molecule has 6 nitrogen and oxygen atoms in total. The van der Waals surface area contributed by atoms with E-state index in [0.29, 0.717) is 35.5 Å². The van der Waals surface area contributed by atoms with Gasteiger partial charge in [-0.2, -0.15) is 0 Å². The lowest BCUT2D eigenvalue weighted by Crippen LogP contribution is -2.35. The van der Waals surface area contributed by atoms with Gasteiger partial charge in [0.05, 0.1) is 5.69 Å². The van der Waals surface area contributed by atoms with Gasteiger partial charge in [0.1, 0.15) is 17.5 Å². The smallest absolute Gasteiger partial charge is 0.303 e. The lowest BCUT2D eigenvalue weighted by Gasteiger charge is -2.24. The highest BCUT2D eigenvalue weighted by atomic mass is 35.5. The fourth-order valence-electron chi connectivity index (χ4n) is 3.48. The number of likely N-dealkylation sites (tertiary alicyclic amines) is 1. The Hall–Kier alpha value is -2.57. The van der Waals surface area contributed by atoms with E-state index in [2.05, 4.69) is 9.89 Å². The van der Waals surface area contributed by atoms with Gasteiger partial charge in [-0.3, -0.25) is 9.69 Å². The fourth-order valence-corrected chi connectivity index (χ4v) is 3.75. The monoisotopic (exact) mass is 415 g/mol. The molecule has 0 bridgehead atoms. The van der Waals surface area contributed by atoms with Crippen LogP contribution in [0.4, 0.5) is 11.4 Å². The summed E-state index contributed by atoms with van der Waals surface area (Å²) in [5.74, 6) is 0.0338. The molecule has 3 N–H and O–H groups in total. The number of carbonyl (C=O) groups is 1. The third-order valence-electron chi connectivity index (χ3n) is 5.02. The Kier molecular flexibility index (Phi) is 7.49.